The van der Waals surface area contributed by atoms with Crippen molar-refractivity contribution in [3.63, 3.8) is 0 Å². The molecule has 0 aromatic heterocycles. The third-order valence-corrected chi connectivity index (χ3v) is 8.01. The molecule has 0 radical (unpaired) electrons. The SMILES string of the molecule is CCOc1cc([C@H]2C3=C(C[C@@H](c4ccccc4)CC3=O)Nc3ccc4ccccc4c32)ccc1OC(=O)CC(C)C. The van der Waals surface area contributed by atoms with Gasteiger partial charge in [-0.1, -0.05) is 80.6 Å². The Morgan fingerprint density at radius 3 is 2.46 bits per heavy atom. The topological polar surface area (TPSA) is 64.6 Å². The second-order valence-corrected chi connectivity index (χ2v) is 11.3. The third-order valence-electron chi connectivity index (χ3n) is 8.01. The van der Waals surface area contributed by atoms with E-state index in [0.29, 0.717) is 30.9 Å². The summed E-state index contributed by atoms with van der Waals surface area (Å²) in [6.45, 7) is 6.31. The molecule has 2 atom stereocenters. The molecular weight excluding hydrogens is 510 g/mol. The van der Waals surface area contributed by atoms with Crippen LogP contribution >= 0.6 is 0 Å². The Hall–Kier alpha value is -4.38. The molecule has 2 aliphatic rings. The Morgan fingerprint density at radius 1 is 0.902 bits per heavy atom. The standard InChI is InChI=1S/C36H35NO4/c1-4-40-32-21-25(15-17-31(32)41-33(39)18-22(2)3)34-35-27-13-9-8-12-24(27)14-16-28(35)37-29-19-26(20-30(38)36(29)34)23-10-6-5-7-11-23/h5-17,21-22,26,34,37H,4,18-20H2,1-3H3/t26-,34-/m1/s1. The monoisotopic (exact) mass is 545 g/mol. The number of benzene rings is 4. The van der Waals surface area contributed by atoms with Gasteiger partial charge in [0.2, 0.25) is 0 Å². The number of esters is 1. The first-order valence-electron chi connectivity index (χ1n) is 14.5. The number of ketones is 1. The lowest BCUT2D eigenvalue weighted by atomic mass is 9.71. The summed E-state index contributed by atoms with van der Waals surface area (Å²) < 4.78 is 11.7. The van der Waals surface area contributed by atoms with Crippen LogP contribution < -0.4 is 14.8 Å². The van der Waals surface area contributed by atoms with Crippen molar-refractivity contribution in [2.75, 3.05) is 11.9 Å². The molecule has 0 fully saturated rings. The van der Waals surface area contributed by atoms with Gasteiger partial charge in [0.15, 0.2) is 17.3 Å². The molecule has 1 heterocycles. The molecule has 0 bridgehead atoms. The van der Waals surface area contributed by atoms with Gasteiger partial charge in [0, 0.05) is 35.7 Å². The van der Waals surface area contributed by atoms with Crippen molar-refractivity contribution in [2.24, 2.45) is 5.92 Å². The van der Waals surface area contributed by atoms with Crippen molar-refractivity contribution in [1.29, 1.82) is 0 Å². The van der Waals surface area contributed by atoms with E-state index in [0.717, 1.165) is 45.3 Å². The van der Waals surface area contributed by atoms with Crippen molar-refractivity contribution >= 4 is 28.2 Å². The van der Waals surface area contributed by atoms with E-state index < -0.39 is 0 Å². The van der Waals surface area contributed by atoms with Crippen LogP contribution in [-0.4, -0.2) is 18.4 Å². The van der Waals surface area contributed by atoms with Crippen LogP contribution in [0.4, 0.5) is 5.69 Å². The summed E-state index contributed by atoms with van der Waals surface area (Å²) in [5.74, 6) is 0.819. The zero-order valence-electron chi connectivity index (χ0n) is 23.8. The van der Waals surface area contributed by atoms with Gasteiger partial charge >= 0.3 is 5.97 Å². The summed E-state index contributed by atoms with van der Waals surface area (Å²) in [5, 5.41) is 5.91. The lowest BCUT2D eigenvalue weighted by Gasteiger charge is -2.37. The largest absolute Gasteiger partial charge is 0.490 e. The normalized spacial score (nSPS) is 18.1. The average Bonchev–Trinajstić information content (AvgIpc) is 2.97. The van der Waals surface area contributed by atoms with Crippen molar-refractivity contribution in [2.45, 2.75) is 51.9 Å². The minimum absolute atomic E-state index is 0.124. The maximum absolute atomic E-state index is 14.1. The second kappa shape index (κ2) is 11.2. The second-order valence-electron chi connectivity index (χ2n) is 11.3. The Kier molecular flexibility index (Phi) is 7.36. The average molecular weight is 546 g/mol. The Bertz CT molecular complexity index is 1650. The number of carbonyl (C=O) groups excluding carboxylic acids is 2. The number of ether oxygens (including phenoxy) is 2. The van der Waals surface area contributed by atoms with Gasteiger partial charge < -0.3 is 14.8 Å². The molecule has 0 saturated heterocycles. The maximum Gasteiger partial charge on any atom is 0.311 e. The summed E-state index contributed by atoms with van der Waals surface area (Å²) in [5.41, 5.74) is 6.01. The number of rotatable bonds is 7. The Balaban J connectivity index is 1.49. The molecule has 4 aromatic rings. The highest BCUT2D eigenvalue weighted by Crippen LogP contribution is 2.51. The van der Waals surface area contributed by atoms with E-state index in [9.17, 15) is 9.59 Å². The highest BCUT2D eigenvalue weighted by atomic mass is 16.6. The van der Waals surface area contributed by atoms with Gasteiger partial charge in [0.25, 0.3) is 0 Å². The van der Waals surface area contributed by atoms with E-state index in [1.807, 2.05) is 69.3 Å². The van der Waals surface area contributed by atoms with E-state index in [1.165, 1.54) is 5.56 Å². The number of fused-ring (bicyclic) bond motifs is 3. The molecule has 6 rings (SSSR count). The van der Waals surface area contributed by atoms with Crippen molar-refractivity contribution < 1.29 is 19.1 Å². The summed E-state index contributed by atoms with van der Waals surface area (Å²) >= 11 is 0. The molecule has 0 saturated carbocycles. The van der Waals surface area contributed by atoms with Gasteiger partial charge in [-0.05, 0) is 70.8 Å². The molecular formula is C36H35NO4. The molecule has 1 aliphatic carbocycles. The number of hydrogen-bond donors (Lipinski definition) is 1. The van der Waals surface area contributed by atoms with Crippen molar-refractivity contribution in [3.05, 3.63) is 113 Å². The molecule has 1 N–H and O–H groups in total. The van der Waals surface area contributed by atoms with E-state index in [-0.39, 0.29) is 29.5 Å². The molecule has 0 amide bonds. The molecule has 0 spiro atoms. The summed E-state index contributed by atoms with van der Waals surface area (Å²) in [7, 11) is 0. The lowest BCUT2D eigenvalue weighted by molar-refractivity contribution is -0.135. The summed E-state index contributed by atoms with van der Waals surface area (Å²) in [4.78, 5) is 26.6. The molecule has 41 heavy (non-hydrogen) atoms. The van der Waals surface area contributed by atoms with Crippen LogP contribution in [0.15, 0.2) is 96.2 Å². The van der Waals surface area contributed by atoms with Gasteiger partial charge in [-0.2, -0.15) is 0 Å². The number of hydrogen-bond acceptors (Lipinski definition) is 5. The van der Waals surface area contributed by atoms with Crippen LogP contribution in [0.25, 0.3) is 10.8 Å². The van der Waals surface area contributed by atoms with Crippen LogP contribution in [0.5, 0.6) is 11.5 Å². The Labute approximate surface area is 241 Å². The summed E-state index contributed by atoms with van der Waals surface area (Å²) in [6, 6.07) is 28.6. The minimum atomic E-state index is -0.286. The fourth-order valence-electron chi connectivity index (χ4n) is 6.26. The zero-order chi connectivity index (χ0) is 28.5. The maximum atomic E-state index is 14.1. The number of Topliss-reactive ketones (excluding diaryl/α,β-unsaturated/α-hetero) is 1. The lowest BCUT2D eigenvalue weighted by Crippen LogP contribution is -2.30. The molecule has 208 valence electrons. The van der Waals surface area contributed by atoms with Crippen molar-refractivity contribution in [1.82, 2.24) is 0 Å². The van der Waals surface area contributed by atoms with Crippen LogP contribution in [0.1, 0.15) is 68.6 Å². The molecule has 5 heteroatoms. The van der Waals surface area contributed by atoms with Crippen LogP contribution in [0.2, 0.25) is 0 Å². The highest BCUT2D eigenvalue weighted by molar-refractivity contribution is 6.04. The number of allylic oxidation sites excluding steroid dienone is 2. The third kappa shape index (κ3) is 5.24. The fourth-order valence-corrected chi connectivity index (χ4v) is 6.26. The fraction of sp³-hybridized carbons (Fsp3) is 0.278. The van der Waals surface area contributed by atoms with Gasteiger partial charge in [0.1, 0.15) is 0 Å². The molecule has 1 aliphatic heterocycles. The van der Waals surface area contributed by atoms with Gasteiger partial charge in [-0.25, -0.2) is 0 Å². The highest BCUT2D eigenvalue weighted by Gasteiger charge is 2.39. The van der Waals surface area contributed by atoms with Crippen molar-refractivity contribution in [3.8, 4) is 11.5 Å². The first-order valence-corrected chi connectivity index (χ1v) is 14.5. The van der Waals surface area contributed by atoms with E-state index >= 15 is 0 Å². The number of nitrogens with one attached hydrogen (secondary N) is 1. The molecule has 0 unspecified atom stereocenters. The van der Waals surface area contributed by atoms with Crippen LogP contribution in [-0.2, 0) is 9.59 Å². The zero-order valence-corrected chi connectivity index (χ0v) is 23.8. The van der Waals surface area contributed by atoms with Gasteiger partial charge in [-0.15, -0.1) is 0 Å². The first kappa shape index (κ1) is 26.8. The predicted octanol–water partition coefficient (Wildman–Crippen LogP) is 8.15. The smallest absolute Gasteiger partial charge is 0.311 e. The number of anilines is 1. The first-order chi connectivity index (χ1) is 19.9. The molecule has 4 aromatic carbocycles. The summed E-state index contributed by atoms with van der Waals surface area (Å²) in [6.07, 6.45) is 1.55. The van der Waals surface area contributed by atoms with E-state index in [1.54, 1.807) is 0 Å². The van der Waals surface area contributed by atoms with Gasteiger partial charge in [-0.3, -0.25) is 9.59 Å². The van der Waals surface area contributed by atoms with Gasteiger partial charge in [0.05, 0.1) is 6.61 Å². The predicted molar refractivity (Wildman–Crippen MR) is 163 cm³/mol. The van der Waals surface area contributed by atoms with Crippen LogP contribution in [0, 0.1) is 5.92 Å². The molecule has 5 nitrogen and oxygen atoms in total. The minimum Gasteiger partial charge on any atom is -0.490 e. The van der Waals surface area contributed by atoms with E-state index in [4.69, 9.17) is 9.47 Å². The van der Waals surface area contributed by atoms with E-state index in [2.05, 4.69) is 41.7 Å². The van der Waals surface area contributed by atoms with Crippen LogP contribution in [0.3, 0.4) is 0 Å². The Morgan fingerprint density at radius 2 is 1.68 bits per heavy atom. The quantitative estimate of drug-likeness (QED) is 0.188. The number of carbonyl (C=O) groups is 2.